The van der Waals surface area contributed by atoms with Crippen molar-refractivity contribution in [1.29, 1.82) is 0 Å². The van der Waals surface area contributed by atoms with E-state index in [1.54, 1.807) is 0 Å². The molecule has 0 saturated carbocycles. The fourth-order valence-electron chi connectivity index (χ4n) is 2.63. The Balaban J connectivity index is 1.77. The summed E-state index contributed by atoms with van der Waals surface area (Å²) in [5.41, 5.74) is 4.92. The minimum Gasteiger partial charge on any atom is -0.256 e. The topological polar surface area (TPSA) is 12.9 Å². The molecule has 0 aliphatic carbocycles. The molecular formula is C21H23NSi. The number of benzene rings is 2. The SMILES string of the molecule is C[Si](C)(C)c1ccc(-c2ccc(Cc3ccccc3)cc2)nc1. The summed E-state index contributed by atoms with van der Waals surface area (Å²) in [6.45, 7) is 7.05. The minimum atomic E-state index is -1.27. The molecule has 1 aromatic heterocycles. The van der Waals surface area contributed by atoms with Gasteiger partial charge in [0.15, 0.2) is 0 Å². The Morgan fingerprint density at radius 1 is 0.739 bits per heavy atom. The first kappa shape index (κ1) is 15.7. The van der Waals surface area contributed by atoms with Gasteiger partial charge in [0.2, 0.25) is 0 Å². The highest BCUT2D eigenvalue weighted by molar-refractivity contribution is 6.88. The van der Waals surface area contributed by atoms with E-state index < -0.39 is 8.07 Å². The van der Waals surface area contributed by atoms with E-state index in [0.29, 0.717) is 0 Å². The first-order valence-corrected chi connectivity index (χ1v) is 11.6. The van der Waals surface area contributed by atoms with Crippen LogP contribution in [-0.2, 0) is 6.42 Å². The molecule has 0 N–H and O–H groups in total. The normalized spacial score (nSPS) is 11.4. The Kier molecular flexibility index (Phi) is 4.44. The van der Waals surface area contributed by atoms with Gasteiger partial charge in [-0.15, -0.1) is 0 Å². The van der Waals surface area contributed by atoms with Gasteiger partial charge in [0.25, 0.3) is 0 Å². The van der Waals surface area contributed by atoms with Gasteiger partial charge in [0.05, 0.1) is 13.8 Å². The lowest BCUT2D eigenvalue weighted by Crippen LogP contribution is -2.37. The average Bonchev–Trinajstić information content (AvgIpc) is 2.56. The van der Waals surface area contributed by atoms with E-state index in [-0.39, 0.29) is 0 Å². The first-order valence-electron chi connectivity index (χ1n) is 8.12. The lowest BCUT2D eigenvalue weighted by atomic mass is 10.0. The van der Waals surface area contributed by atoms with Crippen molar-refractivity contribution >= 4 is 13.3 Å². The van der Waals surface area contributed by atoms with E-state index >= 15 is 0 Å². The van der Waals surface area contributed by atoms with Crippen LogP contribution < -0.4 is 5.19 Å². The molecule has 0 saturated heterocycles. The summed E-state index contributed by atoms with van der Waals surface area (Å²) in [4.78, 5) is 4.66. The van der Waals surface area contributed by atoms with Gasteiger partial charge in [0.1, 0.15) is 0 Å². The van der Waals surface area contributed by atoms with Crippen molar-refractivity contribution in [1.82, 2.24) is 4.98 Å². The Labute approximate surface area is 140 Å². The average molecular weight is 318 g/mol. The molecule has 0 atom stereocenters. The van der Waals surface area contributed by atoms with E-state index in [1.165, 1.54) is 21.9 Å². The van der Waals surface area contributed by atoms with Gasteiger partial charge >= 0.3 is 0 Å². The van der Waals surface area contributed by atoms with Crippen LogP contribution in [0, 0.1) is 0 Å². The fraction of sp³-hybridized carbons (Fsp3) is 0.190. The van der Waals surface area contributed by atoms with Gasteiger partial charge in [-0.25, -0.2) is 0 Å². The second kappa shape index (κ2) is 6.51. The molecule has 23 heavy (non-hydrogen) atoms. The lowest BCUT2D eigenvalue weighted by Gasteiger charge is -2.16. The molecule has 0 bridgehead atoms. The van der Waals surface area contributed by atoms with Crippen molar-refractivity contribution < 1.29 is 0 Å². The van der Waals surface area contributed by atoms with Crippen LogP contribution in [0.15, 0.2) is 72.9 Å². The summed E-state index contributed by atoms with van der Waals surface area (Å²) >= 11 is 0. The van der Waals surface area contributed by atoms with Crippen LogP contribution in [0.25, 0.3) is 11.3 Å². The molecule has 3 rings (SSSR count). The molecule has 3 aromatic rings. The van der Waals surface area contributed by atoms with Gasteiger partial charge in [-0.2, -0.15) is 0 Å². The van der Waals surface area contributed by atoms with Crippen LogP contribution >= 0.6 is 0 Å². The summed E-state index contributed by atoms with van der Waals surface area (Å²) in [7, 11) is -1.27. The van der Waals surface area contributed by atoms with Crippen molar-refractivity contribution in [3.63, 3.8) is 0 Å². The third kappa shape index (κ3) is 3.96. The monoisotopic (exact) mass is 317 g/mol. The Morgan fingerprint density at radius 2 is 1.39 bits per heavy atom. The molecule has 0 unspecified atom stereocenters. The maximum absolute atomic E-state index is 4.66. The molecule has 2 heteroatoms. The van der Waals surface area contributed by atoms with E-state index in [9.17, 15) is 0 Å². The number of hydrogen-bond acceptors (Lipinski definition) is 1. The van der Waals surface area contributed by atoms with E-state index in [2.05, 4.69) is 97.6 Å². The highest BCUT2D eigenvalue weighted by Gasteiger charge is 2.16. The summed E-state index contributed by atoms with van der Waals surface area (Å²) in [5.74, 6) is 0. The molecule has 0 spiro atoms. The Hall–Kier alpha value is -2.19. The van der Waals surface area contributed by atoms with Crippen LogP contribution in [0.3, 0.4) is 0 Å². The molecule has 2 aromatic carbocycles. The number of rotatable bonds is 4. The lowest BCUT2D eigenvalue weighted by molar-refractivity contribution is 1.19. The van der Waals surface area contributed by atoms with Crippen molar-refractivity contribution in [2.75, 3.05) is 0 Å². The number of nitrogens with zero attached hydrogens (tertiary/aromatic N) is 1. The van der Waals surface area contributed by atoms with Gasteiger partial charge < -0.3 is 0 Å². The summed E-state index contributed by atoms with van der Waals surface area (Å²) < 4.78 is 0. The minimum absolute atomic E-state index is 0.975. The van der Waals surface area contributed by atoms with E-state index in [4.69, 9.17) is 0 Å². The van der Waals surface area contributed by atoms with Crippen LogP contribution in [0.5, 0.6) is 0 Å². The fourth-order valence-corrected chi connectivity index (χ4v) is 3.67. The Morgan fingerprint density at radius 3 is 1.96 bits per heavy atom. The van der Waals surface area contributed by atoms with E-state index in [1.807, 2.05) is 0 Å². The molecule has 0 aliphatic rings. The van der Waals surface area contributed by atoms with Gasteiger partial charge in [0, 0.05) is 11.8 Å². The second-order valence-corrected chi connectivity index (χ2v) is 12.1. The molecule has 116 valence electrons. The van der Waals surface area contributed by atoms with Crippen LogP contribution in [-0.4, -0.2) is 13.1 Å². The van der Waals surface area contributed by atoms with Crippen LogP contribution in [0.1, 0.15) is 11.1 Å². The molecule has 1 heterocycles. The quantitative estimate of drug-likeness (QED) is 0.625. The largest absolute Gasteiger partial charge is 0.256 e. The summed E-state index contributed by atoms with van der Waals surface area (Å²) in [6, 6.07) is 23.7. The molecular weight excluding hydrogens is 294 g/mol. The number of aromatic nitrogens is 1. The second-order valence-electron chi connectivity index (χ2n) is 7.04. The summed E-state index contributed by atoms with van der Waals surface area (Å²) in [6.07, 6.45) is 3.03. The first-order chi connectivity index (χ1) is 11.0. The van der Waals surface area contributed by atoms with Crippen LogP contribution in [0.4, 0.5) is 0 Å². The van der Waals surface area contributed by atoms with Crippen LogP contribution in [0.2, 0.25) is 19.6 Å². The molecule has 0 amide bonds. The predicted molar refractivity (Wildman–Crippen MR) is 102 cm³/mol. The number of pyridine rings is 1. The van der Waals surface area contributed by atoms with Gasteiger partial charge in [-0.3, -0.25) is 4.98 Å². The van der Waals surface area contributed by atoms with Gasteiger partial charge in [-0.05, 0) is 28.8 Å². The zero-order valence-corrected chi connectivity index (χ0v) is 15.1. The maximum Gasteiger partial charge on any atom is 0.0796 e. The third-order valence-electron chi connectivity index (χ3n) is 4.13. The zero-order valence-electron chi connectivity index (χ0n) is 14.1. The van der Waals surface area contributed by atoms with E-state index in [0.717, 1.165) is 12.1 Å². The van der Waals surface area contributed by atoms with Crippen molar-refractivity contribution in [2.24, 2.45) is 0 Å². The highest BCUT2D eigenvalue weighted by atomic mass is 28.3. The molecule has 0 radical (unpaired) electrons. The smallest absolute Gasteiger partial charge is 0.0796 e. The third-order valence-corrected chi connectivity index (χ3v) is 6.16. The highest BCUT2D eigenvalue weighted by Crippen LogP contribution is 2.18. The van der Waals surface area contributed by atoms with Crippen molar-refractivity contribution in [3.8, 4) is 11.3 Å². The summed E-state index contributed by atoms with van der Waals surface area (Å²) in [5, 5.41) is 1.40. The van der Waals surface area contributed by atoms with Crippen molar-refractivity contribution in [2.45, 2.75) is 26.1 Å². The number of hydrogen-bond donors (Lipinski definition) is 0. The standard InChI is InChI=1S/C21H23NSi/c1-23(2,3)20-13-14-21(22-16-20)19-11-9-18(10-12-19)15-17-7-5-4-6-8-17/h4-14,16H,15H2,1-3H3. The maximum atomic E-state index is 4.66. The van der Waals surface area contributed by atoms with Crippen molar-refractivity contribution in [3.05, 3.63) is 84.1 Å². The Bertz CT molecular complexity index is 754. The zero-order chi connectivity index (χ0) is 16.3. The molecule has 0 aliphatic heterocycles. The molecule has 1 nitrogen and oxygen atoms in total. The molecule has 0 fully saturated rings. The predicted octanol–water partition coefficient (Wildman–Crippen LogP) is 4.88. The van der Waals surface area contributed by atoms with Gasteiger partial charge in [-0.1, -0.05) is 80.3 Å².